The number of aromatic amines is 1. The van der Waals surface area contributed by atoms with Crippen LogP contribution in [0.25, 0.3) is 11.0 Å². The van der Waals surface area contributed by atoms with Crippen molar-refractivity contribution in [2.75, 3.05) is 13.7 Å². The Balaban J connectivity index is 2.61. The van der Waals surface area contributed by atoms with Crippen LogP contribution in [-0.2, 0) is 4.79 Å². The fraction of sp³-hybridized carbons (Fsp3) is 0.385. The van der Waals surface area contributed by atoms with Crippen LogP contribution < -0.4 is 10.1 Å². The zero-order valence-electron chi connectivity index (χ0n) is 11.5. The van der Waals surface area contributed by atoms with Gasteiger partial charge in [-0.25, -0.2) is 4.39 Å². The molecule has 1 atom stereocenters. The van der Waals surface area contributed by atoms with E-state index in [1.165, 1.54) is 19.2 Å². The number of hydrogen-bond acceptors (Lipinski definition) is 3. The number of likely N-dealkylation sites (N-methyl/N-ethyl adjacent to an activating group) is 1. The third kappa shape index (κ3) is 2.40. The van der Waals surface area contributed by atoms with Crippen molar-refractivity contribution in [3.63, 3.8) is 0 Å². The fourth-order valence-electron chi connectivity index (χ4n) is 2.11. The van der Waals surface area contributed by atoms with Crippen LogP contribution in [-0.4, -0.2) is 29.1 Å². The molecule has 0 fully saturated rings. The van der Waals surface area contributed by atoms with Crippen molar-refractivity contribution in [1.29, 1.82) is 0 Å². The van der Waals surface area contributed by atoms with Gasteiger partial charge in [0.1, 0.15) is 6.04 Å². The smallest absolute Gasteiger partial charge is 0.242 e. The van der Waals surface area contributed by atoms with Crippen molar-refractivity contribution >= 4 is 29.2 Å². The average molecular weight is 297 g/mol. The molecule has 0 radical (unpaired) electrons. The van der Waals surface area contributed by atoms with Gasteiger partial charge in [-0.2, -0.15) is 0 Å². The fourth-order valence-corrected chi connectivity index (χ4v) is 2.47. The van der Waals surface area contributed by atoms with E-state index in [0.29, 0.717) is 22.3 Å². The summed E-state index contributed by atoms with van der Waals surface area (Å²) >= 11 is 5.22. The Kier molecular flexibility index (Phi) is 4.08. The maximum absolute atomic E-state index is 13.7. The Labute approximate surface area is 120 Å². The molecule has 2 N–H and O–H groups in total. The Bertz CT molecular complexity index is 707. The van der Waals surface area contributed by atoms with Gasteiger partial charge in [-0.05, 0) is 26.1 Å². The first-order valence-electron chi connectivity index (χ1n) is 6.25. The molecule has 1 unspecified atom stereocenters. The molecule has 0 saturated heterocycles. The summed E-state index contributed by atoms with van der Waals surface area (Å²) in [4.78, 5) is 14.9. The number of carbonyl (C=O) groups excluding carboxylic acids is 1. The minimum Gasteiger partial charge on any atom is -0.494 e. The van der Waals surface area contributed by atoms with Crippen LogP contribution in [0.1, 0.15) is 19.9 Å². The maximum Gasteiger partial charge on any atom is 0.242 e. The van der Waals surface area contributed by atoms with E-state index >= 15 is 0 Å². The summed E-state index contributed by atoms with van der Waals surface area (Å²) in [7, 11) is 1.39. The van der Waals surface area contributed by atoms with Crippen LogP contribution in [0.3, 0.4) is 0 Å². The molecule has 0 saturated carbocycles. The highest BCUT2D eigenvalue weighted by molar-refractivity contribution is 7.71. The van der Waals surface area contributed by atoms with E-state index < -0.39 is 11.9 Å². The maximum atomic E-state index is 13.7. The van der Waals surface area contributed by atoms with Crippen molar-refractivity contribution in [2.24, 2.45) is 0 Å². The summed E-state index contributed by atoms with van der Waals surface area (Å²) in [5.41, 5.74) is 1.16. The predicted molar refractivity (Wildman–Crippen MR) is 77.0 cm³/mol. The quantitative estimate of drug-likeness (QED) is 0.853. The van der Waals surface area contributed by atoms with Gasteiger partial charge in [-0.1, -0.05) is 0 Å². The number of H-pyrrole nitrogens is 1. The second kappa shape index (κ2) is 5.62. The second-order valence-corrected chi connectivity index (χ2v) is 4.76. The molecule has 0 aliphatic heterocycles. The Hall–Kier alpha value is -1.89. The molecule has 0 bridgehead atoms. The normalized spacial score (nSPS) is 12.4. The van der Waals surface area contributed by atoms with E-state index in [2.05, 4.69) is 10.3 Å². The number of amides is 1. The van der Waals surface area contributed by atoms with Gasteiger partial charge in [-0.15, -0.1) is 0 Å². The van der Waals surface area contributed by atoms with Gasteiger partial charge in [0.05, 0.1) is 18.1 Å². The van der Waals surface area contributed by atoms with Gasteiger partial charge >= 0.3 is 0 Å². The van der Waals surface area contributed by atoms with E-state index in [9.17, 15) is 9.18 Å². The second-order valence-electron chi connectivity index (χ2n) is 4.37. The Morgan fingerprint density at radius 1 is 1.60 bits per heavy atom. The molecule has 1 aromatic carbocycles. The highest BCUT2D eigenvalue weighted by atomic mass is 32.1. The summed E-state index contributed by atoms with van der Waals surface area (Å²) < 4.78 is 20.7. The number of fused-ring (bicyclic) bond motifs is 1. The van der Waals surface area contributed by atoms with Crippen molar-refractivity contribution in [3.05, 3.63) is 22.7 Å². The standard InChI is InChI=1S/C13H16FN3O2S/c1-4-15-12(18)7(2)17-10-6-11(19-3)8(14)5-9(10)16-13(17)20/h5-7H,4H2,1-3H3,(H,15,18)(H,16,20). The average Bonchev–Trinajstić information content (AvgIpc) is 2.72. The van der Waals surface area contributed by atoms with Crippen molar-refractivity contribution < 1.29 is 13.9 Å². The summed E-state index contributed by atoms with van der Waals surface area (Å²) in [6.07, 6.45) is 0. The minimum absolute atomic E-state index is 0.114. The molecule has 1 amide bonds. The third-order valence-corrected chi connectivity index (χ3v) is 3.41. The largest absolute Gasteiger partial charge is 0.494 e. The SMILES string of the molecule is CCNC(=O)C(C)n1c(=S)[nH]c2cc(F)c(OC)cc21. The van der Waals surface area contributed by atoms with Crippen LogP contribution in [0.4, 0.5) is 4.39 Å². The molecular formula is C13H16FN3O2S. The van der Waals surface area contributed by atoms with Gasteiger partial charge < -0.3 is 19.6 Å². The minimum atomic E-state index is -0.494. The number of halogens is 1. The number of nitrogens with zero attached hydrogens (tertiary/aromatic N) is 1. The molecule has 0 aliphatic carbocycles. The van der Waals surface area contributed by atoms with Crippen LogP contribution in [0.15, 0.2) is 12.1 Å². The van der Waals surface area contributed by atoms with E-state index in [1.54, 1.807) is 11.5 Å². The summed E-state index contributed by atoms with van der Waals surface area (Å²) in [5.74, 6) is -0.509. The van der Waals surface area contributed by atoms with Crippen molar-refractivity contribution in [2.45, 2.75) is 19.9 Å². The van der Waals surface area contributed by atoms with Gasteiger partial charge in [0, 0.05) is 18.7 Å². The molecule has 1 heterocycles. The van der Waals surface area contributed by atoms with Crippen LogP contribution >= 0.6 is 12.2 Å². The van der Waals surface area contributed by atoms with Crippen molar-refractivity contribution in [1.82, 2.24) is 14.9 Å². The summed E-state index contributed by atoms with van der Waals surface area (Å²) in [6, 6.07) is 2.35. The van der Waals surface area contributed by atoms with E-state index in [-0.39, 0.29) is 11.7 Å². The number of ether oxygens (including phenoxy) is 1. The molecule has 108 valence electrons. The van der Waals surface area contributed by atoms with E-state index in [0.717, 1.165) is 0 Å². The molecule has 0 aliphatic rings. The van der Waals surface area contributed by atoms with E-state index in [4.69, 9.17) is 17.0 Å². The number of benzene rings is 1. The van der Waals surface area contributed by atoms with Crippen LogP contribution in [0.2, 0.25) is 0 Å². The molecular weight excluding hydrogens is 281 g/mol. The monoisotopic (exact) mass is 297 g/mol. The van der Waals surface area contributed by atoms with Gasteiger partial charge in [0.25, 0.3) is 0 Å². The lowest BCUT2D eigenvalue weighted by molar-refractivity contribution is -0.123. The molecule has 7 heteroatoms. The molecule has 5 nitrogen and oxygen atoms in total. The van der Waals surface area contributed by atoms with Gasteiger partial charge in [-0.3, -0.25) is 4.79 Å². The first-order valence-corrected chi connectivity index (χ1v) is 6.65. The Morgan fingerprint density at radius 3 is 2.90 bits per heavy atom. The summed E-state index contributed by atoms with van der Waals surface area (Å²) in [5, 5.41) is 2.74. The van der Waals surface area contributed by atoms with Crippen LogP contribution in [0, 0.1) is 10.6 Å². The van der Waals surface area contributed by atoms with E-state index in [1.807, 2.05) is 6.92 Å². The number of methoxy groups -OCH3 is 1. The first kappa shape index (κ1) is 14.5. The number of carbonyl (C=O) groups is 1. The van der Waals surface area contributed by atoms with Gasteiger partial charge in [0.15, 0.2) is 16.3 Å². The lowest BCUT2D eigenvalue weighted by atomic mass is 10.2. The zero-order chi connectivity index (χ0) is 14.9. The first-order chi connectivity index (χ1) is 9.49. The highest BCUT2D eigenvalue weighted by Crippen LogP contribution is 2.26. The number of nitrogens with one attached hydrogen (secondary N) is 2. The predicted octanol–water partition coefficient (Wildman–Crippen LogP) is 2.54. The molecule has 0 spiro atoms. The van der Waals surface area contributed by atoms with Gasteiger partial charge in [0.2, 0.25) is 5.91 Å². The third-order valence-electron chi connectivity index (χ3n) is 3.11. The topological polar surface area (TPSA) is 59.0 Å². The number of rotatable bonds is 4. The molecule has 2 rings (SSSR count). The number of hydrogen-bond donors (Lipinski definition) is 2. The Morgan fingerprint density at radius 2 is 2.30 bits per heavy atom. The molecule has 20 heavy (non-hydrogen) atoms. The molecule has 2 aromatic rings. The highest BCUT2D eigenvalue weighted by Gasteiger charge is 2.19. The van der Waals surface area contributed by atoms with Crippen molar-refractivity contribution in [3.8, 4) is 5.75 Å². The number of aromatic nitrogens is 2. The lowest BCUT2D eigenvalue weighted by Crippen LogP contribution is -2.30. The van der Waals surface area contributed by atoms with Crippen LogP contribution in [0.5, 0.6) is 5.75 Å². The lowest BCUT2D eigenvalue weighted by Gasteiger charge is -2.14. The molecule has 1 aromatic heterocycles. The zero-order valence-corrected chi connectivity index (χ0v) is 12.3. The summed E-state index contributed by atoms with van der Waals surface area (Å²) in [6.45, 7) is 4.12. The number of imidazole rings is 1.